The van der Waals surface area contributed by atoms with Crippen molar-refractivity contribution >= 4 is 33.7 Å². The van der Waals surface area contributed by atoms with Crippen LogP contribution in [-0.4, -0.2) is 87.1 Å². The molecule has 5 heterocycles. The lowest BCUT2D eigenvalue weighted by atomic mass is 10.0. The molecule has 4 aromatic heterocycles. The number of aromatic amines is 1. The number of H-pyrrole nitrogens is 1. The Morgan fingerprint density at radius 1 is 1.26 bits per heavy atom. The standard InChI is InChI=1S/C25H30FN9O3S/c1-14-11-34(13-39(36)37)5-6-35(14)15(2)17-7-19(21-22-24(30-12-29-22)32-16(3)31-21)23(27-9-17)33-18-8-20(26)25(38-4)28-10-18/h7-10,12,14-15H,5-6,11,13H2,1-4H3,(H,27,33)(H,36,37)(H,29,30,31,32)/p-1/t14-,15-/m0/s1. The summed E-state index contributed by atoms with van der Waals surface area (Å²) in [4.78, 5) is 29.6. The number of ether oxygens (including phenoxy) is 1. The molecule has 1 fully saturated rings. The Hall–Kier alpha value is -3.59. The van der Waals surface area contributed by atoms with E-state index in [1.165, 1.54) is 19.4 Å². The number of halogens is 1. The van der Waals surface area contributed by atoms with Crippen LogP contribution in [0.4, 0.5) is 15.9 Å². The van der Waals surface area contributed by atoms with Gasteiger partial charge in [0.2, 0.25) is 5.88 Å². The molecule has 2 N–H and O–H groups in total. The maximum Gasteiger partial charge on any atom is 0.250 e. The second-order valence-corrected chi connectivity index (χ2v) is 10.4. The predicted molar refractivity (Wildman–Crippen MR) is 144 cm³/mol. The van der Waals surface area contributed by atoms with Crippen molar-refractivity contribution in [3.63, 3.8) is 0 Å². The summed E-state index contributed by atoms with van der Waals surface area (Å²) in [7, 11) is 1.36. The summed E-state index contributed by atoms with van der Waals surface area (Å²) < 4.78 is 41.7. The molecule has 0 radical (unpaired) electrons. The topological polar surface area (TPSA) is 148 Å². The number of imidazole rings is 1. The fourth-order valence-corrected chi connectivity index (χ4v) is 5.52. The summed E-state index contributed by atoms with van der Waals surface area (Å²) in [5, 5.41) is 3.18. The number of nitrogens with one attached hydrogen (secondary N) is 2. The van der Waals surface area contributed by atoms with Crippen molar-refractivity contribution in [1.29, 1.82) is 0 Å². The molecule has 14 heteroatoms. The first-order valence-corrected chi connectivity index (χ1v) is 13.7. The number of rotatable bonds is 8. The minimum Gasteiger partial charge on any atom is -0.771 e. The van der Waals surface area contributed by atoms with Gasteiger partial charge in [-0.1, -0.05) is 0 Å². The van der Waals surface area contributed by atoms with Gasteiger partial charge < -0.3 is 19.6 Å². The molecule has 1 aliphatic rings. The van der Waals surface area contributed by atoms with Crippen LogP contribution in [0.15, 0.2) is 30.9 Å². The van der Waals surface area contributed by atoms with Gasteiger partial charge in [-0.15, -0.1) is 0 Å². The highest BCUT2D eigenvalue weighted by Crippen LogP contribution is 2.35. The van der Waals surface area contributed by atoms with E-state index in [-0.39, 0.29) is 23.8 Å². The van der Waals surface area contributed by atoms with Crippen molar-refractivity contribution in [2.45, 2.75) is 32.9 Å². The molecule has 39 heavy (non-hydrogen) atoms. The zero-order chi connectivity index (χ0) is 27.7. The van der Waals surface area contributed by atoms with Gasteiger partial charge in [0.25, 0.3) is 0 Å². The third kappa shape index (κ3) is 5.73. The van der Waals surface area contributed by atoms with E-state index in [4.69, 9.17) is 14.7 Å². The van der Waals surface area contributed by atoms with Gasteiger partial charge >= 0.3 is 0 Å². The summed E-state index contributed by atoms with van der Waals surface area (Å²) in [5.41, 5.74) is 3.82. The molecular formula is C25H29FN9O3S-. The zero-order valence-electron chi connectivity index (χ0n) is 22.0. The Balaban J connectivity index is 1.53. The largest absolute Gasteiger partial charge is 0.771 e. The lowest BCUT2D eigenvalue weighted by Crippen LogP contribution is -2.53. The molecule has 0 spiro atoms. The van der Waals surface area contributed by atoms with Gasteiger partial charge in [-0.05, 0) is 43.5 Å². The minimum atomic E-state index is -2.11. The number of aryl methyl sites for hydroxylation is 1. The van der Waals surface area contributed by atoms with E-state index < -0.39 is 16.9 Å². The fraction of sp³-hybridized carbons (Fsp3) is 0.400. The average Bonchev–Trinajstić information content (AvgIpc) is 3.36. The molecule has 0 aromatic carbocycles. The van der Waals surface area contributed by atoms with Crippen molar-refractivity contribution in [2.75, 3.05) is 37.9 Å². The highest BCUT2D eigenvalue weighted by Gasteiger charge is 2.29. The first-order valence-electron chi connectivity index (χ1n) is 12.4. The molecule has 3 atom stereocenters. The second-order valence-electron chi connectivity index (χ2n) is 9.50. The van der Waals surface area contributed by atoms with Crippen LogP contribution in [0.2, 0.25) is 0 Å². The number of aromatic nitrogens is 6. The van der Waals surface area contributed by atoms with Crippen molar-refractivity contribution in [2.24, 2.45) is 0 Å². The second kappa shape index (κ2) is 11.3. The molecule has 206 valence electrons. The lowest BCUT2D eigenvalue weighted by molar-refractivity contribution is 0.0630. The third-order valence-corrected chi connectivity index (χ3v) is 7.43. The first-order chi connectivity index (χ1) is 18.7. The Labute approximate surface area is 227 Å². The van der Waals surface area contributed by atoms with Crippen LogP contribution in [0.3, 0.4) is 0 Å². The number of hydrogen-bond donors (Lipinski definition) is 2. The molecule has 0 saturated carbocycles. The van der Waals surface area contributed by atoms with E-state index in [9.17, 15) is 13.2 Å². The minimum absolute atomic E-state index is 0.0134. The molecule has 12 nitrogen and oxygen atoms in total. The van der Waals surface area contributed by atoms with Crippen LogP contribution < -0.4 is 10.1 Å². The Morgan fingerprint density at radius 2 is 2.08 bits per heavy atom. The monoisotopic (exact) mass is 554 g/mol. The molecule has 0 bridgehead atoms. The summed E-state index contributed by atoms with van der Waals surface area (Å²) in [6.45, 7) is 8.00. The number of methoxy groups -OCH3 is 1. The van der Waals surface area contributed by atoms with Crippen molar-refractivity contribution in [1.82, 2.24) is 39.7 Å². The van der Waals surface area contributed by atoms with Gasteiger partial charge in [0.15, 0.2) is 11.5 Å². The molecule has 1 aliphatic heterocycles. The summed E-state index contributed by atoms with van der Waals surface area (Å²) in [6.07, 6.45) is 4.82. The first kappa shape index (κ1) is 27.0. The van der Waals surface area contributed by atoms with Crippen molar-refractivity contribution in [3.05, 3.63) is 48.1 Å². The van der Waals surface area contributed by atoms with E-state index in [0.29, 0.717) is 59.4 Å². The Kier molecular flexibility index (Phi) is 7.79. The van der Waals surface area contributed by atoms with Gasteiger partial charge in [-0.2, -0.15) is 0 Å². The van der Waals surface area contributed by atoms with E-state index in [1.807, 2.05) is 11.0 Å². The van der Waals surface area contributed by atoms with E-state index >= 15 is 0 Å². The SMILES string of the molecule is COc1ncc(Nc2ncc([C@H](C)N3CCN(CS(=O)[O-])C[C@@H]3C)cc2-c2nc(C)nc3nc[nH]c23)cc1F. The van der Waals surface area contributed by atoms with Gasteiger partial charge in [0, 0.05) is 49.5 Å². The maximum absolute atomic E-state index is 14.4. The Bertz CT molecular complexity index is 1520. The summed E-state index contributed by atoms with van der Waals surface area (Å²) >= 11 is -2.11. The van der Waals surface area contributed by atoms with Crippen molar-refractivity contribution < 1.29 is 17.9 Å². The van der Waals surface area contributed by atoms with Crippen molar-refractivity contribution in [3.8, 4) is 17.1 Å². The van der Waals surface area contributed by atoms with Crippen LogP contribution in [0.1, 0.15) is 31.3 Å². The number of hydrogen-bond acceptors (Lipinski definition) is 11. The average molecular weight is 555 g/mol. The smallest absolute Gasteiger partial charge is 0.250 e. The molecule has 5 rings (SSSR count). The highest BCUT2D eigenvalue weighted by atomic mass is 32.2. The summed E-state index contributed by atoms with van der Waals surface area (Å²) in [6, 6.07) is 3.43. The molecular weight excluding hydrogens is 525 g/mol. The van der Waals surface area contributed by atoms with Gasteiger partial charge in [0.05, 0.1) is 31.2 Å². The molecule has 1 unspecified atom stereocenters. The van der Waals surface area contributed by atoms with E-state index in [2.05, 4.69) is 44.0 Å². The van der Waals surface area contributed by atoms with Crippen LogP contribution in [0.5, 0.6) is 5.88 Å². The number of piperazine rings is 1. The Morgan fingerprint density at radius 3 is 2.79 bits per heavy atom. The van der Waals surface area contributed by atoms with Crippen LogP contribution >= 0.6 is 0 Å². The molecule has 0 amide bonds. The van der Waals surface area contributed by atoms with Gasteiger partial charge in [-0.3, -0.25) is 14.0 Å². The lowest BCUT2D eigenvalue weighted by Gasteiger charge is -2.43. The molecule has 1 saturated heterocycles. The van der Waals surface area contributed by atoms with Gasteiger partial charge in [-0.25, -0.2) is 29.3 Å². The molecule has 4 aromatic rings. The number of fused-ring (bicyclic) bond motifs is 1. The van der Waals surface area contributed by atoms with Crippen LogP contribution in [0, 0.1) is 12.7 Å². The van der Waals surface area contributed by atoms with Crippen LogP contribution in [-0.2, 0) is 11.1 Å². The van der Waals surface area contributed by atoms with Gasteiger partial charge in [0.1, 0.15) is 22.9 Å². The number of anilines is 2. The maximum atomic E-state index is 14.4. The highest BCUT2D eigenvalue weighted by molar-refractivity contribution is 7.79. The predicted octanol–water partition coefficient (Wildman–Crippen LogP) is 2.91. The van der Waals surface area contributed by atoms with E-state index in [1.54, 1.807) is 19.4 Å². The fourth-order valence-electron chi connectivity index (χ4n) is 4.99. The van der Waals surface area contributed by atoms with E-state index in [0.717, 1.165) is 5.56 Å². The quantitative estimate of drug-likeness (QED) is 0.310. The zero-order valence-corrected chi connectivity index (χ0v) is 22.8. The number of nitrogens with zero attached hydrogens (tertiary/aromatic N) is 7. The third-order valence-electron chi connectivity index (χ3n) is 6.86. The normalized spacial score (nSPS) is 18.3. The number of pyridine rings is 2. The molecule has 0 aliphatic carbocycles. The van der Waals surface area contributed by atoms with Crippen LogP contribution in [0.25, 0.3) is 22.4 Å². The summed E-state index contributed by atoms with van der Waals surface area (Å²) in [5.74, 6) is 0.345.